The molecule has 0 radical (unpaired) electrons. The smallest absolute Gasteiger partial charge is 0.311 e. The van der Waals surface area contributed by atoms with E-state index in [1.54, 1.807) is 0 Å². The molecule has 0 heterocycles. The Morgan fingerprint density at radius 1 is 1.41 bits per heavy atom. The van der Waals surface area contributed by atoms with Crippen LogP contribution in [0.5, 0.6) is 0 Å². The molecule has 2 saturated carbocycles. The number of carbonyl (C=O) groups excluding carboxylic acids is 1. The fraction of sp³-hybridized carbons (Fsp3) is 0.909. The molecule has 0 saturated heterocycles. The molecular formula is C11H19ClO4S. The van der Waals surface area contributed by atoms with E-state index in [0.717, 1.165) is 18.6 Å². The highest BCUT2D eigenvalue weighted by atomic mass is 35.7. The van der Waals surface area contributed by atoms with Crippen LogP contribution in [-0.2, 0) is 18.6 Å². The minimum Gasteiger partial charge on any atom is -0.469 e. The minimum absolute atomic E-state index is 0.00898. The molecule has 2 aliphatic rings. The second-order valence-corrected chi connectivity index (χ2v) is 8.22. The van der Waals surface area contributed by atoms with Crippen LogP contribution in [0.25, 0.3) is 0 Å². The van der Waals surface area contributed by atoms with Crippen LogP contribution in [0.4, 0.5) is 0 Å². The number of fused-ring (bicyclic) bond motifs is 2. The van der Waals surface area contributed by atoms with Crippen LogP contribution in [0, 0.1) is 17.3 Å². The molecule has 17 heavy (non-hydrogen) atoms. The first kappa shape index (κ1) is 14.8. The normalized spacial score (nSPS) is 35.1. The average Bonchev–Trinajstić information content (AvgIpc) is 2.73. The van der Waals surface area contributed by atoms with E-state index < -0.39 is 9.05 Å². The van der Waals surface area contributed by atoms with Gasteiger partial charge in [-0.25, -0.2) is 8.42 Å². The van der Waals surface area contributed by atoms with Gasteiger partial charge in [-0.15, -0.1) is 0 Å². The lowest BCUT2D eigenvalue weighted by Crippen LogP contribution is -2.34. The number of carbonyl (C=O) groups is 1. The topological polar surface area (TPSA) is 60.4 Å². The van der Waals surface area contributed by atoms with Crippen molar-refractivity contribution in [3.8, 4) is 0 Å². The van der Waals surface area contributed by atoms with Gasteiger partial charge in [0, 0.05) is 10.7 Å². The third kappa shape index (κ3) is 3.85. The molecule has 2 bridgehead atoms. The van der Waals surface area contributed by atoms with Crippen LogP contribution < -0.4 is 0 Å². The van der Waals surface area contributed by atoms with Crippen molar-refractivity contribution in [1.82, 2.24) is 0 Å². The van der Waals surface area contributed by atoms with Crippen molar-refractivity contribution in [2.45, 2.75) is 32.6 Å². The highest BCUT2D eigenvalue weighted by Crippen LogP contribution is 2.56. The molecule has 2 rings (SSSR count). The van der Waals surface area contributed by atoms with E-state index in [2.05, 4.69) is 17.6 Å². The lowest BCUT2D eigenvalue weighted by atomic mass is 9.75. The predicted octanol–water partition coefficient (Wildman–Crippen LogP) is 2.17. The average molecular weight is 283 g/mol. The van der Waals surface area contributed by atoms with E-state index in [1.165, 1.54) is 26.4 Å². The molecule has 0 aromatic rings. The largest absolute Gasteiger partial charge is 0.469 e. The van der Waals surface area contributed by atoms with Crippen molar-refractivity contribution < 1.29 is 17.9 Å². The first-order valence-electron chi connectivity index (χ1n) is 5.65. The van der Waals surface area contributed by atoms with Crippen molar-refractivity contribution >= 4 is 25.7 Å². The monoisotopic (exact) mass is 282 g/mol. The van der Waals surface area contributed by atoms with E-state index >= 15 is 0 Å². The number of esters is 1. The van der Waals surface area contributed by atoms with Crippen LogP contribution in [0.15, 0.2) is 0 Å². The maximum Gasteiger partial charge on any atom is 0.311 e. The van der Waals surface area contributed by atoms with Crippen molar-refractivity contribution in [3.63, 3.8) is 0 Å². The molecule has 0 spiro atoms. The summed E-state index contributed by atoms with van der Waals surface area (Å²) in [6, 6.07) is 0. The predicted molar refractivity (Wildman–Crippen MR) is 66.3 cm³/mol. The molecule has 4 nitrogen and oxygen atoms in total. The summed E-state index contributed by atoms with van der Waals surface area (Å²) in [5, 5.41) is 0. The van der Waals surface area contributed by atoms with Crippen LogP contribution in [0.1, 0.15) is 32.6 Å². The molecule has 6 heteroatoms. The molecule has 0 aliphatic heterocycles. The van der Waals surface area contributed by atoms with Crippen molar-refractivity contribution in [2.24, 2.45) is 17.3 Å². The van der Waals surface area contributed by atoms with Crippen molar-refractivity contribution in [1.29, 1.82) is 0 Å². The number of halogens is 1. The number of rotatable bonds is 1. The van der Waals surface area contributed by atoms with E-state index in [0.29, 0.717) is 5.92 Å². The SMILES string of the molecule is COC(=O)C1(C)CC2CCC1C2.CS(=O)(=O)Cl. The van der Waals surface area contributed by atoms with Gasteiger partial charge in [0.25, 0.3) is 0 Å². The molecule has 0 aromatic heterocycles. The van der Waals surface area contributed by atoms with Gasteiger partial charge in [0.05, 0.1) is 18.8 Å². The standard InChI is InChI=1S/C10H16O2.CH3ClO2S/c1-10(9(11)12-2)6-7-3-4-8(10)5-7;1-5(2,3)4/h7-8H,3-6H2,1-2H3;1H3. The Morgan fingerprint density at radius 2 is 1.94 bits per heavy atom. The number of hydrogen-bond acceptors (Lipinski definition) is 4. The third-order valence-electron chi connectivity index (χ3n) is 3.81. The highest BCUT2D eigenvalue weighted by molar-refractivity contribution is 8.13. The Bertz CT molecular complexity index is 384. The summed E-state index contributed by atoms with van der Waals surface area (Å²) in [4.78, 5) is 11.5. The van der Waals surface area contributed by atoms with Gasteiger partial charge in [0.15, 0.2) is 0 Å². The Morgan fingerprint density at radius 3 is 2.24 bits per heavy atom. The number of ether oxygens (including phenoxy) is 1. The fourth-order valence-electron chi connectivity index (χ4n) is 3.09. The fourth-order valence-corrected chi connectivity index (χ4v) is 3.09. The van der Waals surface area contributed by atoms with E-state index in [4.69, 9.17) is 4.74 Å². The molecule has 0 amide bonds. The zero-order valence-electron chi connectivity index (χ0n) is 10.4. The second-order valence-electron chi connectivity index (χ2n) is 5.17. The van der Waals surface area contributed by atoms with E-state index in [-0.39, 0.29) is 11.4 Å². The van der Waals surface area contributed by atoms with Gasteiger partial charge in [0.2, 0.25) is 9.05 Å². The van der Waals surface area contributed by atoms with Gasteiger partial charge in [-0.2, -0.15) is 0 Å². The maximum atomic E-state index is 11.5. The lowest BCUT2D eigenvalue weighted by Gasteiger charge is -2.30. The zero-order valence-corrected chi connectivity index (χ0v) is 12.0. The molecule has 100 valence electrons. The quantitative estimate of drug-likeness (QED) is 0.546. The summed E-state index contributed by atoms with van der Waals surface area (Å²) in [5.74, 6) is 1.42. The number of hydrogen-bond donors (Lipinski definition) is 0. The van der Waals surface area contributed by atoms with Gasteiger partial charge < -0.3 is 4.74 Å². The summed E-state index contributed by atoms with van der Waals surface area (Å²) in [7, 11) is 2.81. The van der Waals surface area contributed by atoms with Gasteiger partial charge in [-0.05, 0) is 38.0 Å². The van der Waals surface area contributed by atoms with Crippen molar-refractivity contribution in [3.05, 3.63) is 0 Å². The zero-order chi connectivity index (χ0) is 13.3. The van der Waals surface area contributed by atoms with Gasteiger partial charge in [0.1, 0.15) is 0 Å². The Hall–Kier alpha value is -0.290. The van der Waals surface area contributed by atoms with E-state index in [9.17, 15) is 13.2 Å². The van der Waals surface area contributed by atoms with Gasteiger partial charge in [-0.1, -0.05) is 6.42 Å². The van der Waals surface area contributed by atoms with Gasteiger partial charge in [-0.3, -0.25) is 4.79 Å². The Kier molecular flexibility index (Phi) is 4.47. The summed E-state index contributed by atoms with van der Waals surface area (Å²) in [6.07, 6.45) is 5.80. The van der Waals surface area contributed by atoms with Crippen molar-refractivity contribution in [2.75, 3.05) is 13.4 Å². The second kappa shape index (κ2) is 5.14. The molecule has 3 atom stereocenters. The van der Waals surface area contributed by atoms with Crippen LogP contribution in [-0.4, -0.2) is 27.8 Å². The minimum atomic E-state index is -3.19. The van der Waals surface area contributed by atoms with Crippen LogP contribution in [0.2, 0.25) is 0 Å². The molecular weight excluding hydrogens is 264 g/mol. The first-order chi connectivity index (χ1) is 7.66. The van der Waals surface area contributed by atoms with Gasteiger partial charge >= 0.3 is 5.97 Å². The Balaban J connectivity index is 0.000000249. The summed E-state index contributed by atoms with van der Waals surface area (Å²) >= 11 is 0. The molecule has 0 N–H and O–H groups in total. The first-order valence-corrected chi connectivity index (χ1v) is 8.36. The summed E-state index contributed by atoms with van der Waals surface area (Å²) in [5.41, 5.74) is -0.141. The number of methoxy groups -OCH3 is 1. The summed E-state index contributed by atoms with van der Waals surface area (Å²) < 4.78 is 23.6. The molecule has 2 aliphatic carbocycles. The lowest BCUT2D eigenvalue weighted by molar-refractivity contribution is -0.154. The molecule has 3 unspecified atom stereocenters. The van der Waals surface area contributed by atoms with Crippen LogP contribution in [0.3, 0.4) is 0 Å². The third-order valence-corrected chi connectivity index (χ3v) is 3.81. The maximum absolute atomic E-state index is 11.5. The van der Waals surface area contributed by atoms with E-state index in [1.807, 2.05) is 0 Å². The molecule has 2 fully saturated rings. The molecule has 0 aromatic carbocycles. The summed E-state index contributed by atoms with van der Waals surface area (Å²) in [6.45, 7) is 2.07. The Labute approximate surface area is 107 Å². The van der Waals surface area contributed by atoms with Crippen LogP contribution >= 0.6 is 10.7 Å². The highest BCUT2D eigenvalue weighted by Gasteiger charge is 2.52.